The molecule has 2 aromatic heterocycles. The van der Waals surface area contributed by atoms with Gasteiger partial charge in [0.1, 0.15) is 10.6 Å². The topological polar surface area (TPSA) is 64.0 Å². The molecule has 2 heterocycles. The van der Waals surface area contributed by atoms with Crippen molar-refractivity contribution >= 4 is 27.0 Å². The standard InChI is InChI=1S/C20H17N3O2S2/c1-15-9-11-16(12-10-15)22-27(24,25)19-14-23(17-6-3-2-4-7-17)21-20(19)18-8-5-13-26-18/h2-14,22H,1H3. The Labute approximate surface area is 162 Å². The van der Waals surface area contributed by atoms with Crippen molar-refractivity contribution in [1.82, 2.24) is 9.78 Å². The van der Waals surface area contributed by atoms with Crippen LogP contribution in [0.25, 0.3) is 16.3 Å². The zero-order chi connectivity index (χ0) is 18.9. The van der Waals surface area contributed by atoms with Crippen LogP contribution >= 0.6 is 11.3 Å². The summed E-state index contributed by atoms with van der Waals surface area (Å²) < 4.78 is 30.4. The fourth-order valence-corrected chi connectivity index (χ4v) is 4.67. The summed E-state index contributed by atoms with van der Waals surface area (Å²) in [7, 11) is -3.80. The number of para-hydroxylation sites is 1. The molecule has 136 valence electrons. The van der Waals surface area contributed by atoms with Gasteiger partial charge in [0.15, 0.2) is 0 Å². The number of sulfonamides is 1. The van der Waals surface area contributed by atoms with Gasteiger partial charge < -0.3 is 0 Å². The molecule has 7 heteroatoms. The number of aromatic nitrogens is 2. The monoisotopic (exact) mass is 395 g/mol. The average Bonchev–Trinajstić information content (AvgIpc) is 3.34. The highest BCUT2D eigenvalue weighted by molar-refractivity contribution is 7.92. The Morgan fingerprint density at radius 2 is 1.70 bits per heavy atom. The van der Waals surface area contributed by atoms with Gasteiger partial charge in [0.2, 0.25) is 0 Å². The average molecular weight is 396 g/mol. The van der Waals surface area contributed by atoms with E-state index in [0.29, 0.717) is 11.4 Å². The van der Waals surface area contributed by atoms with E-state index in [2.05, 4.69) is 9.82 Å². The van der Waals surface area contributed by atoms with E-state index in [0.717, 1.165) is 16.1 Å². The van der Waals surface area contributed by atoms with Gasteiger partial charge >= 0.3 is 0 Å². The van der Waals surface area contributed by atoms with Crippen LogP contribution in [0.5, 0.6) is 0 Å². The number of anilines is 1. The summed E-state index contributed by atoms with van der Waals surface area (Å²) in [5, 5.41) is 6.46. The van der Waals surface area contributed by atoms with Crippen LogP contribution < -0.4 is 4.72 Å². The zero-order valence-corrected chi connectivity index (χ0v) is 16.2. The minimum atomic E-state index is -3.80. The van der Waals surface area contributed by atoms with E-state index in [1.807, 2.05) is 66.9 Å². The highest BCUT2D eigenvalue weighted by Crippen LogP contribution is 2.31. The Kier molecular flexibility index (Phi) is 4.55. The third-order valence-electron chi connectivity index (χ3n) is 4.05. The quantitative estimate of drug-likeness (QED) is 0.532. The predicted octanol–water partition coefficient (Wildman–Crippen LogP) is 4.71. The number of thiophene rings is 1. The van der Waals surface area contributed by atoms with Crippen molar-refractivity contribution < 1.29 is 8.42 Å². The molecule has 1 N–H and O–H groups in total. The summed E-state index contributed by atoms with van der Waals surface area (Å²) in [4.78, 5) is 0.948. The second-order valence-corrected chi connectivity index (χ2v) is 8.67. The minimum Gasteiger partial charge on any atom is -0.280 e. The highest BCUT2D eigenvalue weighted by atomic mass is 32.2. The first-order chi connectivity index (χ1) is 13.0. The van der Waals surface area contributed by atoms with Crippen LogP contribution in [0.1, 0.15) is 5.56 Å². The summed E-state index contributed by atoms with van der Waals surface area (Å²) in [6.45, 7) is 1.96. The molecule has 0 saturated heterocycles. The lowest BCUT2D eigenvalue weighted by molar-refractivity contribution is 0.601. The summed E-state index contributed by atoms with van der Waals surface area (Å²) in [5.74, 6) is 0. The van der Waals surface area contributed by atoms with Crippen LogP contribution in [-0.2, 0) is 10.0 Å². The Hall–Kier alpha value is -2.90. The Morgan fingerprint density at radius 3 is 2.37 bits per heavy atom. The summed E-state index contributed by atoms with van der Waals surface area (Å²) >= 11 is 1.46. The molecule has 4 aromatic rings. The van der Waals surface area contributed by atoms with E-state index in [9.17, 15) is 8.42 Å². The molecule has 27 heavy (non-hydrogen) atoms. The van der Waals surface area contributed by atoms with E-state index < -0.39 is 10.0 Å². The van der Waals surface area contributed by atoms with Crippen molar-refractivity contribution in [1.29, 1.82) is 0 Å². The lowest BCUT2D eigenvalue weighted by atomic mass is 10.2. The molecule has 0 fully saturated rings. The first kappa shape index (κ1) is 17.5. The van der Waals surface area contributed by atoms with Crippen molar-refractivity contribution in [3.8, 4) is 16.3 Å². The minimum absolute atomic E-state index is 0.148. The van der Waals surface area contributed by atoms with Gasteiger partial charge in [-0.15, -0.1) is 11.3 Å². The van der Waals surface area contributed by atoms with Crippen molar-refractivity contribution in [2.45, 2.75) is 11.8 Å². The van der Waals surface area contributed by atoms with Crippen molar-refractivity contribution in [2.24, 2.45) is 0 Å². The molecule has 0 spiro atoms. The molecule has 4 rings (SSSR count). The van der Waals surface area contributed by atoms with E-state index in [1.54, 1.807) is 23.0 Å². The molecule has 0 atom stereocenters. The number of nitrogens with zero attached hydrogens (tertiary/aromatic N) is 2. The van der Waals surface area contributed by atoms with Gasteiger partial charge in [-0.1, -0.05) is 42.0 Å². The van der Waals surface area contributed by atoms with Gasteiger partial charge in [0.25, 0.3) is 10.0 Å². The van der Waals surface area contributed by atoms with Gasteiger partial charge in [0.05, 0.1) is 16.8 Å². The Morgan fingerprint density at radius 1 is 0.963 bits per heavy atom. The summed E-state index contributed by atoms with van der Waals surface area (Å²) in [6, 6.07) is 20.4. The number of hydrogen-bond acceptors (Lipinski definition) is 4. The second-order valence-electron chi connectivity index (χ2n) is 6.07. The van der Waals surface area contributed by atoms with E-state index in [4.69, 9.17) is 0 Å². The maximum Gasteiger partial charge on any atom is 0.265 e. The first-order valence-electron chi connectivity index (χ1n) is 8.31. The molecule has 0 aliphatic carbocycles. The molecule has 5 nitrogen and oxygen atoms in total. The third kappa shape index (κ3) is 3.65. The zero-order valence-electron chi connectivity index (χ0n) is 14.5. The third-order valence-corrected chi connectivity index (χ3v) is 6.31. The van der Waals surface area contributed by atoms with Gasteiger partial charge in [0, 0.05) is 5.69 Å². The normalized spacial score (nSPS) is 11.4. The lowest BCUT2D eigenvalue weighted by Crippen LogP contribution is -2.13. The van der Waals surface area contributed by atoms with Crippen LogP contribution in [0.3, 0.4) is 0 Å². The number of benzene rings is 2. The molecule has 0 saturated carbocycles. The maximum atomic E-state index is 13.1. The molecule has 0 bridgehead atoms. The number of nitrogens with one attached hydrogen (secondary N) is 1. The fraction of sp³-hybridized carbons (Fsp3) is 0.0500. The number of hydrogen-bond donors (Lipinski definition) is 1. The predicted molar refractivity (Wildman–Crippen MR) is 109 cm³/mol. The molecule has 0 aliphatic rings. The van der Waals surface area contributed by atoms with Crippen molar-refractivity contribution in [3.05, 3.63) is 83.9 Å². The van der Waals surface area contributed by atoms with E-state index in [1.165, 1.54) is 11.3 Å². The van der Waals surface area contributed by atoms with Gasteiger partial charge in [-0.05, 0) is 42.6 Å². The van der Waals surface area contributed by atoms with Crippen molar-refractivity contribution in [3.63, 3.8) is 0 Å². The molecule has 0 aliphatic heterocycles. The Balaban J connectivity index is 1.80. The molecule has 0 radical (unpaired) electrons. The Bertz CT molecular complexity index is 1150. The molecule has 0 amide bonds. The van der Waals surface area contributed by atoms with E-state index >= 15 is 0 Å². The SMILES string of the molecule is Cc1ccc(NS(=O)(=O)c2cn(-c3ccccc3)nc2-c2cccs2)cc1. The first-order valence-corrected chi connectivity index (χ1v) is 10.7. The number of rotatable bonds is 5. The number of aryl methyl sites for hydroxylation is 1. The maximum absolute atomic E-state index is 13.1. The van der Waals surface area contributed by atoms with Crippen LogP contribution in [0.4, 0.5) is 5.69 Å². The van der Waals surface area contributed by atoms with Crippen LogP contribution in [-0.4, -0.2) is 18.2 Å². The highest BCUT2D eigenvalue weighted by Gasteiger charge is 2.25. The smallest absolute Gasteiger partial charge is 0.265 e. The lowest BCUT2D eigenvalue weighted by Gasteiger charge is -2.07. The van der Waals surface area contributed by atoms with Gasteiger partial charge in [-0.3, -0.25) is 4.72 Å². The summed E-state index contributed by atoms with van der Waals surface area (Å²) in [5.41, 5.74) is 2.82. The molecular formula is C20H17N3O2S2. The fourth-order valence-electron chi connectivity index (χ4n) is 2.68. The largest absolute Gasteiger partial charge is 0.280 e. The summed E-state index contributed by atoms with van der Waals surface area (Å²) in [6.07, 6.45) is 1.56. The molecule has 0 unspecified atom stereocenters. The van der Waals surface area contributed by atoms with Crippen molar-refractivity contribution in [2.75, 3.05) is 4.72 Å². The van der Waals surface area contributed by atoms with Crippen LogP contribution in [0.15, 0.2) is 83.2 Å². The van der Waals surface area contributed by atoms with Crippen LogP contribution in [0, 0.1) is 6.92 Å². The van der Waals surface area contributed by atoms with Gasteiger partial charge in [-0.25, -0.2) is 13.1 Å². The van der Waals surface area contributed by atoms with Crippen LogP contribution in [0.2, 0.25) is 0 Å². The second kappa shape index (κ2) is 7.02. The molecular weight excluding hydrogens is 378 g/mol. The molecule has 2 aromatic carbocycles. The van der Waals surface area contributed by atoms with Gasteiger partial charge in [-0.2, -0.15) is 5.10 Å². The van der Waals surface area contributed by atoms with E-state index in [-0.39, 0.29) is 4.90 Å².